The zero-order valence-electron chi connectivity index (χ0n) is 11.2. The number of nitrogens with one attached hydrogen (secondary N) is 1. The van der Waals surface area contributed by atoms with Crippen LogP contribution >= 0.6 is 0 Å². The second-order valence-electron chi connectivity index (χ2n) is 4.92. The van der Waals surface area contributed by atoms with E-state index in [0.29, 0.717) is 5.69 Å². The van der Waals surface area contributed by atoms with E-state index >= 15 is 0 Å². The summed E-state index contributed by atoms with van der Waals surface area (Å²) >= 11 is 0. The Morgan fingerprint density at radius 3 is 2.74 bits per heavy atom. The molecular weight excluding hydrogens is 246 g/mol. The van der Waals surface area contributed by atoms with Crippen molar-refractivity contribution in [3.8, 4) is 0 Å². The largest absolute Gasteiger partial charge is 0.341 e. The minimum Gasteiger partial charge on any atom is -0.341 e. The molecule has 1 unspecified atom stereocenters. The molecule has 0 saturated carbocycles. The third-order valence-electron chi connectivity index (χ3n) is 3.24. The summed E-state index contributed by atoms with van der Waals surface area (Å²) in [5, 5.41) is 2.22. The number of rotatable bonds is 2. The van der Waals surface area contributed by atoms with Gasteiger partial charge in [0, 0.05) is 12.2 Å². The van der Waals surface area contributed by atoms with E-state index in [0.717, 1.165) is 0 Å². The number of amides is 3. The maximum atomic E-state index is 12.5. The molecule has 0 aromatic carbocycles. The minimum atomic E-state index is -0.638. The van der Waals surface area contributed by atoms with E-state index in [1.54, 1.807) is 19.1 Å². The predicted molar refractivity (Wildman–Crippen MR) is 68.5 cm³/mol. The highest BCUT2D eigenvalue weighted by Crippen LogP contribution is 2.16. The molecule has 2 heterocycles. The van der Waals surface area contributed by atoms with Crippen LogP contribution in [0.3, 0.4) is 0 Å². The average molecular weight is 263 g/mol. The molecule has 0 aliphatic carbocycles. The fourth-order valence-electron chi connectivity index (χ4n) is 2.13. The molecule has 1 aromatic heterocycles. The molecule has 1 aliphatic rings. The van der Waals surface area contributed by atoms with Gasteiger partial charge in [-0.1, -0.05) is 0 Å². The highest BCUT2D eigenvalue weighted by atomic mass is 16.2. The number of imide groups is 1. The van der Waals surface area contributed by atoms with E-state index in [-0.39, 0.29) is 18.5 Å². The highest BCUT2D eigenvalue weighted by molar-refractivity contribution is 6.06. The maximum absolute atomic E-state index is 12.5. The number of aromatic nitrogens is 1. The van der Waals surface area contributed by atoms with Gasteiger partial charge in [-0.3, -0.25) is 19.7 Å². The van der Waals surface area contributed by atoms with Crippen LogP contribution in [-0.2, 0) is 9.59 Å². The molecule has 1 atom stereocenters. The van der Waals surface area contributed by atoms with Crippen molar-refractivity contribution in [1.82, 2.24) is 14.8 Å². The van der Waals surface area contributed by atoms with Gasteiger partial charge in [0.2, 0.25) is 11.8 Å². The fourth-order valence-corrected chi connectivity index (χ4v) is 2.13. The first kappa shape index (κ1) is 13.3. The first-order valence-corrected chi connectivity index (χ1v) is 6.23. The molecule has 19 heavy (non-hydrogen) atoms. The Labute approximate surface area is 111 Å². The van der Waals surface area contributed by atoms with Gasteiger partial charge in [-0.2, -0.15) is 0 Å². The molecule has 0 spiro atoms. The van der Waals surface area contributed by atoms with Gasteiger partial charge in [0.05, 0.1) is 0 Å². The third-order valence-corrected chi connectivity index (χ3v) is 3.24. The Morgan fingerprint density at radius 1 is 1.42 bits per heavy atom. The second-order valence-corrected chi connectivity index (χ2v) is 4.92. The standard InChI is InChI=1S/C13H17N3O3/c1-8(2)15-6-4-5-10(15)13(19)16-7-11(17)14-12(18)9(16)3/h4-6,8-9H,7H2,1-3H3,(H,14,17,18). The van der Waals surface area contributed by atoms with Crippen LogP contribution < -0.4 is 5.32 Å². The molecule has 6 nitrogen and oxygen atoms in total. The Bertz CT molecular complexity index is 533. The normalized spacial score (nSPS) is 19.8. The summed E-state index contributed by atoms with van der Waals surface area (Å²) in [5.41, 5.74) is 0.490. The van der Waals surface area contributed by atoms with Gasteiger partial charge in [0.1, 0.15) is 18.3 Å². The molecule has 1 aromatic rings. The van der Waals surface area contributed by atoms with Gasteiger partial charge >= 0.3 is 0 Å². The number of hydrogen-bond donors (Lipinski definition) is 1. The Balaban J connectivity index is 2.30. The van der Waals surface area contributed by atoms with Crippen molar-refractivity contribution in [1.29, 1.82) is 0 Å². The summed E-state index contributed by atoms with van der Waals surface area (Å²) in [5.74, 6) is -1.18. The van der Waals surface area contributed by atoms with Crippen molar-refractivity contribution in [3.63, 3.8) is 0 Å². The Morgan fingerprint density at radius 2 is 2.11 bits per heavy atom. The number of carbonyl (C=O) groups excluding carboxylic acids is 3. The molecule has 1 saturated heterocycles. The number of nitrogens with zero attached hydrogens (tertiary/aromatic N) is 2. The zero-order valence-corrected chi connectivity index (χ0v) is 11.2. The zero-order chi connectivity index (χ0) is 14.2. The van der Waals surface area contributed by atoms with Gasteiger partial charge in [0.15, 0.2) is 0 Å². The Hall–Kier alpha value is -2.11. The second kappa shape index (κ2) is 4.87. The van der Waals surface area contributed by atoms with Gasteiger partial charge < -0.3 is 9.47 Å². The van der Waals surface area contributed by atoms with Crippen LogP contribution in [0.4, 0.5) is 0 Å². The molecule has 3 amide bonds. The van der Waals surface area contributed by atoms with Gasteiger partial charge in [-0.15, -0.1) is 0 Å². The summed E-state index contributed by atoms with van der Waals surface area (Å²) in [6.45, 7) is 5.46. The van der Waals surface area contributed by atoms with Crippen LogP contribution in [0.15, 0.2) is 18.3 Å². The first-order valence-electron chi connectivity index (χ1n) is 6.23. The molecule has 2 rings (SSSR count). The molecule has 1 fully saturated rings. The monoisotopic (exact) mass is 263 g/mol. The van der Waals surface area contributed by atoms with Gasteiger partial charge in [0.25, 0.3) is 5.91 Å². The first-order chi connectivity index (χ1) is 8.91. The van der Waals surface area contributed by atoms with E-state index in [2.05, 4.69) is 5.32 Å². The molecular formula is C13H17N3O3. The topological polar surface area (TPSA) is 71.4 Å². The quantitative estimate of drug-likeness (QED) is 0.792. The Kier molecular flexibility index (Phi) is 3.42. The van der Waals surface area contributed by atoms with Crippen LogP contribution in [0.1, 0.15) is 37.3 Å². The SMILES string of the molecule is CC1C(=O)NC(=O)CN1C(=O)c1cccn1C(C)C. The summed E-state index contributed by atoms with van der Waals surface area (Å²) in [7, 11) is 0. The smallest absolute Gasteiger partial charge is 0.271 e. The van der Waals surface area contributed by atoms with Crippen LogP contribution in [0.5, 0.6) is 0 Å². The van der Waals surface area contributed by atoms with Crippen molar-refractivity contribution >= 4 is 17.7 Å². The van der Waals surface area contributed by atoms with Crippen molar-refractivity contribution in [3.05, 3.63) is 24.0 Å². The van der Waals surface area contributed by atoms with E-state index in [4.69, 9.17) is 0 Å². The lowest BCUT2D eigenvalue weighted by Crippen LogP contribution is -2.58. The molecule has 0 radical (unpaired) electrons. The molecule has 1 aliphatic heterocycles. The number of piperazine rings is 1. The van der Waals surface area contributed by atoms with Gasteiger partial charge in [-0.25, -0.2) is 0 Å². The molecule has 6 heteroatoms. The van der Waals surface area contributed by atoms with Crippen molar-refractivity contribution < 1.29 is 14.4 Å². The number of hydrogen-bond acceptors (Lipinski definition) is 3. The summed E-state index contributed by atoms with van der Waals surface area (Å²) in [4.78, 5) is 36.7. The summed E-state index contributed by atoms with van der Waals surface area (Å²) < 4.78 is 1.83. The molecule has 0 bridgehead atoms. The van der Waals surface area contributed by atoms with Crippen molar-refractivity contribution in [2.75, 3.05) is 6.54 Å². The maximum Gasteiger partial charge on any atom is 0.271 e. The number of carbonyl (C=O) groups is 3. The highest BCUT2D eigenvalue weighted by Gasteiger charge is 2.34. The van der Waals surface area contributed by atoms with E-state index < -0.39 is 17.9 Å². The minimum absolute atomic E-state index is 0.0883. The average Bonchev–Trinajstić information content (AvgIpc) is 2.82. The fraction of sp³-hybridized carbons (Fsp3) is 0.462. The lowest BCUT2D eigenvalue weighted by Gasteiger charge is -2.32. The molecule has 102 valence electrons. The lowest BCUT2D eigenvalue weighted by atomic mass is 10.2. The van der Waals surface area contributed by atoms with Crippen molar-refractivity contribution in [2.45, 2.75) is 32.9 Å². The predicted octanol–water partition coefficient (Wildman–Crippen LogP) is 0.556. The summed E-state index contributed by atoms with van der Waals surface area (Å²) in [6.07, 6.45) is 1.81. The van der Waals surface area contributed by atoms with Gasteiger partial charge in [-0.05, 0) is 32.9 Å². The van der Waals surface area contributed by atoms with Crippen LogP contribution in [0.25, 0.3) is 0 Å². The van der Waals surface area contributed by atoms with E-state index in [9.17, 15) is 14.4 Å². The summed E-state index contributed by atoms with van der Waals surface area (Å²) in [6, 6.07) is 2.98. The van der Waals surface area contributed by atoms with Crippen LogP contribution in [0.2, 0.25) is 0 Å². The van der Waals surface area contributed by atoms with Crippen molar-refractivity contribution in [2.24, 2.45) is 0 Å². The third kappa shape index (κ3) is 2.38. The van der Waals surface area contributed by atoms with Crippen LogP contribution in [0, 0.1) is 0 Å². The molecule has 1 N–H and O–H groups in total. The van der Waals surface area contributed by atoms with E-state index in [1.807, 2.05) is 24.6 Å². The lowest BCUT2D eigenvalue weighted by molar-refractivity contribution is -0.138. The van der Waals surface area contributed by atoms with E-state index in [1.165, 1.54) is 4.90 Å². The van der Waals surface area contributed by atoms with Crippen LogP contribution in [-0.4, -0.2) is 39.8 Å².